The predicted octanol–water partition coefficient (Wildman–Crippen LogP) is 6.11. The number of urea groups is 1. The molecule has 0 saturated heterocycles. The zero-order valence-corrected chi connectivity index (χ0v) is 17.4. The first-order valence-electron chi connectivity index (χ1n) is 8.48. The summed E-state index contributed by atoms with van der Waals surface area (Å²) in [4.78, 5) is 14.0. The number of nitrogens with zero attached hydrogens (tertiary/aromatic N) is 1. The maximum absolute atomic E-state index is 11.9. The van der Waals surface area contributed by atoms with Crippen molar-refractivity contribution in [1.29, 1.82) is 0 Å². The quantitative estimate of drug-likeness (QED) is 0.350. The first kappa shape index (κ1) is 20.3. The largest absolute Gasteiger partial charge is 0.494 e. The summed E-state index contributed by atoms with van der Waals surface area (Å²) in [6.07, 6.45) is 1.62. The minimum absolute atomic E-state index is 0.410. The average Bonchev–Trinajstić information content (AvgIpc) is 3.13. The third-order valence-electron chi connectivity index (χ3n) is 3.42. The van der Waals surface area contributed by atoms with Crippen LogP contribution in [0.15, 0.2) is 74.9 Å². The summed E-state index contributed by atoms with van der Waals surface area (Å²) in [5.41, 5.74) is 3.12. The highest BCUT2D eigenvalue weighted by molar-refractivity contribution is 8.01. The number of hydrogen-bond acceptors (Lipinski definition) is 5. The molecule has 3 rings (SSSR count). The van der Waals surface area contributed by atoms with Crippen molar-refractivity contribution in [3.05, 3.63) is 70.6 Å². The fourth-order valence-corrected chi connectivity index (χ4v) is 4.31. The number of halogens is 1. The normalized spacial score (nSPS) is 10.8. The number of nitrogens with one attached hydrogen (secondary N) is 2. The van der Waals surface area contributed by atoms with Crippen LogP contribution in [0.25, 0.3) is 0 Å². The maximum atomic E-state index is 11.9. The van der Waals surface area contributed by atoms with Gasteiger partial charge in [-0.15, -0.1) is 11.3 Å². The number of anilines is 1. The Kier molecular flexibility index (Phi) is 7.36. The van der Waals surface area contributed by atoms with Crippen LogP contribution in [0.5, 0.6) is 5.75 Å². The topological polar surface area (TPSA) is 62.7 Å². The second kappa shape index (κ2) is 10.2. The molecule has 0 aliphatic carbocycles. The molecule has 0 aliphatic heterocycles. The van der Waals surface area contributed by atoms with Crippen molar-refractivity contribution in [1.82, 2.24) is 5.43 Å². The van der Waals surface area contributed by atoms with Crippen LogP contribution >= 0.6 is 34.7 Å². The molecule has 0 radical (unpaired) electrons. The Hall–Kier alpha value is -2.48. The van der Waals surface area contributed by atoms with Gasteiger partial charge in [-0.2, -0.15) is 5.10 Å². The van der Waals surface area contributed by atoms with Crippen LogP contribution in [0.1, 0.15) is 11.8 Å². The number of hydrazone groups is 1. The molecule has 0 spiro atoms. The zero-order chi connectivity index (χ0) is 19.8. The predicted molar refractivity (Wildman–Crippen MR) is 117 cm³/mol. The van der Waals surface area contributed by atoms with Crippen molar-refractivity contribution in [2.75, 3.05) is 11.9 Å². The summed E-state index contributed by atoms with van der Waals surface area (Å²) in [5, 5.41) is 7.42. The number of rotatable bonds is 7. The fraction of sp³-hybridized carbons (Fsp3) is 0.100. The number of ether oxygens (including phenoxy) is 1. The molecule has 28 heavy (non-hydrogen) atoms. The number of benzene rings is 2. The van der Waals surface area contributed by atoms with Gasteiger partial charge < -0.3 is 10.1 Å². The SMILES string of the molecule is CCOc1ccc(NC(=O)N/N=C/c2ccc(Sc3ccc(Cl)cc3)s2)cc1. The first-order valence-corrected chi connectivity index (χ1v) is 10.5. The Balaban J connectivity index is 1.48. The van der Waals surface area contributed by atoms with Crippen molar-refractivity contribution < 1.29 is 9.53 Å². The second-order valence-corrected chi connectivity index (χ2v) is 8.42. The van der Waals surface area contributed by atoms with E-state index >= 15 is 0 Å². The van der Waals surface area contributed by atoms with Gasteiger partial charge in [-0.05, 0) is 67.6 Å². The van der Waals surface area contributed by atoms with Crippen LogP contribution in [-0.2, 0) is 0 Å². The number of carbonyl (C=O) groups is 1. The Morgan fingerprint density at radius 1 is 1.14 bits per heavy atom. The highest BCUT2D eigenvalue weighted by atomic mass is 35.5. The van der Waals surface area contributed by atoms with Crippen molar-refractivity contribution in [2.24, 2.45) is 5.10 Å². The maximum Gasteiger partial charge on any atom is 0.339 e. The lowest BCUT2D eigenvalue weighted by atomic mass is 10.3. The molecular formula is C20H18ClN3O2S2. The van der Waals surface area contributed by atoms with Gasteiger partial charge in [0.25, 0.3) is 0 Å². The minimum Gasteiger partial charge on any atom is -0.494 e. The lowest BCUT2D eigenvalue weighted by Gasteiger charge is -2.06. The molecule has 0 aliphatic rings. The van der Waals surface area contributed by atoms with E-state index in [0.29, 0.717) is 12.3 Å². The van der Waals surface area contributed by atoms with Crippen molar-refractivity contribution >= 4 is 52.6 Å². The summed E-state index contributed by atoms with van der Waals surface area (Å²) in [6, 6.07) is 18.4. The van der Waals surface area contributed by atoms with E-state index in [9.17, 15) is 4.79 Å². The second-order valence-electron chi connectivity index (χ2n) is 5.49. The number of thiophene rings is 1. The summed E-state index contributed by atoms with van der Waals surface area (Å²) in [7, 11) is 0. The molecule has 0 atom stereocenters. The Labute approximate surface area is 176 Å². The monoisotopic (exact) mass is 431 g/mol. The molecule has 8 heteroatoms. The van der Waals surface area contributed by atoms with Crippen molar-refractivity contribution in [3.8, 4) is 5.75 Å². The van der Waals surface area contributed by atoms with Gasteiger partial charge in [-0.3, -0.25) is 0 Å². The van der Waals surface area contributed by atoms with Crippen LogP contribution in [0.3, 0.4) is 0 Å². The highest BCUT2D eigenvalue weighted by Gasteiger charge is 2.03. The van der Waals surface area contributed by atoms with Gasteiger partial charge in [0, 0.05) is 20.5 Å². The molecule has 0 fully saturated rings. The number of carbonyl (C=O) groups excluding carboxylic acids is 1. The average molecular weight is 432 g/mol. The van der Waals surface area contributed by atoms with Gasteiger partial charge in [0.15, 0.2) is 0 Å². The Bertz CT molecular complexity index is 941. The van der Waals surface area contributed by atoms with Crippen molar-refractivity contribution in [2.45, 2.75) is 16.0 Å². The number of hydrogen-bond donors (Lipinski definition) is 2. The zero-order valence-electron chi connectivity index (χ0n) is 15.0. The Morgan fingerprint density at radius 2 is 1.89 bits per heavy atom. The molecule has 144 valence electrons. The lowest BCUT2D eigenvalue weighted by molar-refractivity contribution is 0.252. The third-order valence-corrected chi connectivity index (χ3v) is 5.83. The highest BCUT2D eigenvalue weighted by Crippen LogP contribution is 2.33. The molecule has 0 saturated carbocycles. The molecule has 5 nitrogen and oxygen atoms in total. The summed E-state index contributed by atoms with van der Waals surface area (Å²) < 4.78 is 6.49. The summed E-state index contributed by atoms with van der Waals surface area (Å²) in [6.45, 7) is 2.52. The summed E-state index contributed by atoms with van der Waals surface area (Å²) >= 11 is 9.14. The minimum atomic E-state index is -0.410. The van der Waals surface area contributed by atoms with Gasteiger partial charge in [0.1, 0.15) is 5.75 Å². The van der Waals surface area contributed by atoms with Crippen LogP contribution < -0.4 is 15.5 Å². The Morgan fingerprint density at radius 3 is 2.61 bits per heavy atom. The summed E-state index contributed by atoms with van der Waals surface area (Å²) in [5.74, 6) is 0.761. The molecule has 0 unspecified atom stereocenters. The molecule has 2 amide bonds. The van der Waals surface area contributed by atoms with E-state index in [4.69, 9.17) is 16.3 Å². The van der Waals surface area contributed by atoms with E-state index in [-0.39, 0.29) is 0 Å². The van der Waals surface area contributed by atoms with E-state index in [1.165, 1.54) is 0 Å². The molecule has 3 aromatic rings. The fourth-order valence-electron chi connectivity index (χ4n) is 2.19. The van der Waals surface area contributed by atoms with E-state index in [1.807, 2.05) is 43.3 Å². The van der Waals surface area contributed by atoms with Gasteiger partial charge in [0.05, 0.1) is 17.0 Å². The lowest BCUT2D eigenvalue weighted by Crippen LogP contribution is -2.24. The van der Waals surface area contributed by atoms with E-state index in [2.05, 4.69) is 15.8 Å². The van der Waals surface area contributed by atoms with E-state index in [1.54, 1.807) is 53.6 Å². The molecule has 2 aromatic carbocycles. The third kappa shape index (κ3) is 6.30. The van der Waals surface area contributed by atoms with E-state index in [0.717, 1.165) is 24.8 Å². The van der Waals surface area contributed by atoms with Crippen molar-refractivity contribution in [3.63, 3.8) is 0 Å². The van der Waals surface area contributed by atoms with E-state index < -0.39 is 6.03 Å². The van der Waals surface area contributed by atoms with Gasteiger partial charge in [0.2, 0.25) is 0 Å². The van der Waals surface area contributed by atoms with Gasteiger partial charge in [-0.25, -0.2) is 10.2 Å². The first-order chi connectivity index (χ1) is 13.6. The van der Waals surface area contributed by atoms with Crippen LogP contribution in [-0.4, -0.2) is 18.9 Å². The molecule has 1 heterocycles. The molecule has 2 N–H and O–H groups in total. The number of amides is 2. The van der Waals surface area contributed by atoms with Crippen LogP contribution in [0.4, 0.5) is 10.5 Å². The smallest absolute Gasteiger partial charge is 0.339 e. The van der Waals surface area contributed by atoms with Gasteiger partial charge >= 0.3 is 6.03 Å². The van der Waals surface area contributed by atoms with Crippen LogP contribution in [0.2, 0.25) is 5.02 Å². The van der Waals surface area contributed by atoms with Gasteiger partial charge in [-0.1, -0.05) is 23.4 Å². The molecule has 1 aromatic heterocycles. The molecule has 0 bridgehead atoms. The molecular weight excluding hydrogens is 414 g/mol. The van der Waals surface area contributed by atoms with Crippen LogP contribution in [0, 0.1) is 0 Å². The standard InChI is InChI=1S/C20H18ClN3O2S2/c1-2-26-16-7-5-15(6-8-16)23-20(25)24-22-13-18-11-12-19(28-18)27-17-9-3-14(21)4-10-17/h3-13H,2H2,1H3,(H2,23,24,25)/b22-13+.